The van der Waals surface area contributed by atoms with Crippen LogP contribution in [0.3, 0.4) is 0 Å². The van der Waals surface area contributed by atoms with Crippen LogP contribution in [-0.2, 0) is 0 Å². The molecule has 0 saturated heterocycles. The molecule has 1 fully saturated rings. The summed E-state index contributed by atoms with van der Waals surface area (Å²) in [5.74, 6) is 9.79. The zero-order chi connectivity index (χ0) is 13.5. The normalized spacial score (nSPS) is 28.3. The summed E-state index contributed by atoms with van der Waals surface area (Å²) in [7, 11) is 0. The first-order valence-corrected chi connectivity index (χ1v) is 7.67. The van der Waals surface area contributed by atoms with E-state index in [2.05, 4.69) is 44.9 Å². The second kappa shape index (κ2) is 7.85. The van der Waals surface area contributed by atoms with Crippen molar-refractivity contribution in [1.82, 2.24) is 5.32 Å². The SMILES string of the molecule is CC#CCC1CC(C(C)C)CCC1CNC(C)C. The number of hydrogen-bond donors (Lipinski definition) is 1. The van der Waals surface area contributed by atoms with Crippen molar-refractivity contribution < 1.29 is 0 Å². The van der Waals surface area contributed by atoms with E-state index in [0.717, 1.165) is 30.1 Å². The van der Waals surface area contributed by atoms with Gasteiger partial charge in [-0.25, -0.2) is 0 Å². The van der Waals surface area contributed by atoms with Gasteiger partial charge in [0.15, 0.2) is 0 Å². The van der Waals surface area contributed by atoms with Gasteiger partial charge in [0, 0.05) is 12.5 Å². The summed E-state index contributed by atoms with van der Waals surface area (Å²) < 4.78 is 0. The summed E-state index contributed by atoms with van der Waals surface area (Å²) in [6, 6.07) is 0.603. The van der Waals surface area contributed by atoms with Crippen molar-refractivity contribution in [3.05, 3.63) is 0 Å². The van der Waals surface area contributed by atoms with E-state index >= 15 is 0 Å². The molecule has 18 heavy (non-hydrogen) atoms. The highest BCUT2D eigenvalue weighted by molar-refractivity contribution is 4.99. The first kappa shape index (κ1) is 15.6. The van der Waals surface area contributed by atoms with Crippen LogP contribution >= 0.6 is 0 Å². The maximum atomic E-state index is 3.62. The Morgan fingerprint density at radius 1 is 1.11 bits per heavy atom. The van der Waals surface area contributed by atoms with Crippen molar-refractivity contribution in [2.24, 2.45) is 23.7 Å². The van der Waals surface area contributed by atoms with E-state index in [9.17, 15) is 0 Å². The van der Waals surface area contributed by atoms with Crippen LogP contribution in [0.1, 0.15) is 60.3 Å². The predicted molar refractivity (Wildman–Crippen MR) is 80.4 cm³/mol. The van der Waals surface area contributed by atoms with E-state index in [1.165, 1.54) is 25.8 Å². The first-order chi connectivity index (χ1) is 8.54. The van der Waals surface area contributed by atoms with E-state index in [-0.39, 0.29) is 0 Å². The minimum atomic E-state index is 0.603. The van der Waals surface area contributed by atoms with Crippen molar-refractivity contribution in [1.29, 1.82) is 0 Å². The molecule has 1 aliphatic rings. The summed E-state index contributed by atoms with van der Waals surface area (Å²) in [6.07, 6.45) is 5.29. The third-order valence-electron chi connectivity index (χ3n) is 4.45. The molecule has 1 heteroatoms. The quantitative estimate of drug-likeness (QED) is 0.724. The Morgan fingerprint density at radius 2 is 1.83 bits per heavy atom. The summed E-state index contributed by atoms with van der Waals surface area (Å²) >= 11 is 0. The molecule has 0 aromatic heterocycles. The lowest BCUT2D eigenvalue weighted by Gasteiger charge is -2.37. The van der Waals surface area contributed by atoms with E-state index in [1.54, 1.807) is 0 Å². The molecule has 3 atom stereocenters. The van der Waals surface area contributed by atoms with Crippen molar-refractivity contribution in [3.8, 4) is 11.8 Å². The van der Waals surface area contributed by atoms with E-state index < -0.39 is 0 Å². The van der Waals surface area contributed by atoms with Gasteiger partial charge in [-0.05, 0) is 56.4 Å². The highest BCUT2D eigenvalue weighted by Gasteiger charge is 2.31. The zero-order valence-corrected chi connectivity index (χ0v) is 12.9. The van der Waals surface area contributed by atoms with Crippen LogP contribution in [0.4, 0.5) is 0 Å². The third kappa shape index (κ3) is 5.02. The van der Waals surface area contributed by atoms with Gasteiger partial charge < -0.3 is 5.32 Å². The van der Waals surface area contributed by atoms with Crippen LogP contribution < -0.4 is 5.32 Å². The predicted octanol–water partition coefficient (Wildman–Crippen LogP) is 4.09. The van der Waals surface area contributed by atoms with Crippen LogP contribution in [0, 0.1) is 35.5 Å². The summed E-state index contributed by atoms with van der Waals surface area (Å²) in [6.45, 7) is 12.4. The second-order valence-corrected chi connectivity index (χ2v) is 6.53. The summed E-state index contributed by atoms with van der Waals surface area (Å²) in [5.41, 5.74) is 0. The van der Waals surface area contributed by atoms with Crippen LogP contribution in [0.25, 0.3) is 0 Å². The van der Waals surface area contributed by atoms with Crippen molar-refractivity contribution in [2.45, 2.75) is 66.3 Å². The number of hydrogen-bond acceptors (Lipinski definition) is 1. The Hall–Kier alpha value is -0.480. The van der Waals surface area contributed by atoms with Gasteiger partial charge in [-0.1, -0.05) is 27.7 Å². The lowest BCUT2D eigenvalue weighted by molar-refractivity contribution is 0.146. The topological polar surface area (TPSA) is 12.0 Å². The molecule has 104 valence electrons. The van der Waals surface area contributed by atoms with Crippen LogP contribution in [0.5, 0.6) is 0 Å². The van der Waals surface area contributed by atoms with Gasteiger partial charge in [-0.3, -0.25) is 0 Å². The smallest absolute Gasteiger partial charge is 0.0120 e. The van der Waals surface area contributed by atoms with Gasteiger partial charge in [0.2, 0.25) is 0 Å². The lowest BCUT2D eigenvalue weighted by atomic mass is 9.69. The van der Waals surface area contributed by atoms with Gasteiger partial charge in [0.25, 0.3) is 0 Å². The van der Waals surface area contributed by atoms with E-state index in [4.69, 9.17) is 0 Å². The van der Waals surface area contributed by atoms with Crippen LogP contribution in [0.2, 0.25) is 0 Å². The molecule has 0 spiro atoms. The van der Waals surface area contributed by atoms with Crippen molar-refractivity contribution >= 4 is 0 Å². The largest absolute Gasteiger partial charge is 0.314 e. The first-order valence-electron chi connectivity index (χ1n) is 7.67. The van der Waals surface area contributed by atoms with Gasteiger partial charge in [0.1, 0.15) is 0 Å². The van der Waals surface area contributed by atoms with Gasteiger partial charge in [-0.2, -0.15) is 0 Å². The second-order valence-electron chi connectivity index (χ2n) is 6.53. The molecule has 0 aromatic rings. The Kier molecular flexibility index (Phi) is 6.79. The highest BCUT2D eigenvalue weighted by Crippen LogP contribution is 2.38. The molecule has 1 nitrogen and oxygen atoms in total. The van der Waals surface area contributed by atoms with Crippen LogP contribution in [0.15, 0.2) is 0 Å². The molecule has 1 rings (SSSR count). The molecule has 0 aliphatic heterocycles. The Bertz CT molecular complexity index is 282. The minimum absolute atomic E-state index is 0.603. The standard InChI is InChI=1S/C17H31N/c1-6-7-8-16-11-15(13(2)3)9-10-17(16)12-18-14(4)5/h13-18H,8-12H2,1-5H3. The maximum Gasteiger partial charge on any atom is 0.0120 e. The molecule has 1 aliphatic carbocycles. The molecule has 3 unspecified atom stereocenters. The zero-order valence-electron chi connectivity index (χ0n) is 12.9. The average molecular weight is 249 g/mol. The monoisotopic (exact) mass is 249 g/mol. The molecule has 0 heterocycles. The van der Waals surface area contributed by atoms with Gasteiger partial charge >= 0.3 is 0 Å². The molecule has 0 amide bonds. The molecule has 1 N–H and O–H groups in total. The van der Waals surface area contributed by atoms with Gasteiger partial charge in [0.05, 0.1) is 0 Å². The Labute approximate surface area is 114 Å². The van der Waals surface area contributed by atoms with E-state index in [0.29, 0.717) is 6.04 Å². The molecular weight excluding hydrogens is 218 g/mol. The Balaban J connectivity index is 2.55. The van der Waals surface area contributed by atoms with E-state index in [1.807, 2.05) is 6.92 Å². The maximum absolute atomic E-state index is 3.62. The molecular formula is C17H31N. The van der Waals surface area contributed by atoms with Crippen molar-refractivity contribution in [2.75, 3.05) is 6.54 Å². The molecule has 0 radical (unpaired) electrons. The summed E-state index contributed by atoms with van der Waals surface area (Å²) in [4.78, 5) is 0. The average Bonchev–Trinajstić information content (AvgIpc) is 2.33. The summed E-state index contributed by atoms with van der Waals surface area (Å²) in [5, 5.41) is 3.62. The molecule has 0 bridgehead atoms. The third-order valence-corrected chi connectivity index (χ3v) is 4.45. The lowest BCUT2D eigenvalue weighted by Crippen LogP contribution is -2.36. The fraction of sp³-hybridized carbons (Fsp3) is 0.882. The molecule has 0 aromatic carbocycles. The number of nitrogens with one attached hydrogen (secondary N) is 1. The van der Waals surface area contributed by atoms with Crippen molar-refractivity contribution in [3.63, 3.8) is 0 Å². The van der Waals surface area contributed by atoms with Gasteiger partial charge in [-0.15, -0.1) is 11.8 Å². The number of rotatable bonds is 5. The Morgan fingerprint density at radius 3 is 2.39 bits per heavy atom. The highest BCUT2D eigenvalue weighted by atomic mass is 14.9. The minimum Gasteiger partial charge on any atom is -0.314 e. The molecule has 1 saturated carbocycles. The fourth-order valence-electron chi connectivity index (χ4n) is 3.11. The van der Waals surface area contributed by atoms with Crippen LogP contribution in [-0.4, -0.2) is 12.6 Å². The fourth-order valence-corrected chi connectivity index (χ4v) is 3.11.